The molecule has 0 saturated carbocycles. The normalized spacial score (nSPS) is 11.2. The number of nitrogens with one attached hydrogen (secondary N) is 1. The Kier molecular flexibility index (Phi) is 7.04. The number of carbonyl (C=O) groups excluding carboxylic acids is 1. The molecule has 3 aromatic rings. The number of aromatic nitrogens is 3. The van der Waals surface area contributed by atoms with Gasteiger partial charge in [-0.25, -0.2) is 0 Å². The summed E-state index contributed by atoms with van der Waals surface area (Å²) < 4.78 is 2.06. The molecule has 3 rings (SSSR count). The highest BCUT2D eigenvalue weighted by Gasteiger charge is 2.19. The van der Waals surface area contributed by atoms with Gasteiger partial charge in [0.25, 0.3) is 0 Å². The highest BCUT2D eigenvalue weighted by Crippen LogP contribution is 2.31. The standard InChI is InChI=1S/C19H20Cl2N4OS2/c1-4-14-7-12(9-27-14)18-23-24-19(25(18)11(2)3)28-10-17(26)22-16-6-5-13(20)8-15(16)21/h5-9,11H,4,10H2,1-3H3,(H,22,26). The summed E-state index contributed by atoms with van der Waals surface area (Å²) in [6.45, 7) is 6.30. The Morgan fingerprint density at radius 2 is 2.07 bits per heavy atom. The molecule has 148 valence electrons. The third-order valence-corrected chi connectivity index (χ3v) is 6.55. The van der Waals surface area contributed by atoms with Crippen LogP contribution < -0.4 is 5.32 Å². The zero-order valence-electron chi connectivity index (χ0n) is 15.7. The average molecular weight is 455 g/mol. The average Bonchev–Trinajstić information content (AvgIpc) is 3.28. The fourth-order valence-electron chi connectivity index (χ4n) is 2.63. The minimum absolute atomic E-state index is 0.169. The number of halogens is 2. The largest absolute Gasteiger partial charge is 0.324 e. The quantitative estimate of drug-likeness (QED) is 0.432. The molecule has 9 heteroatoms. The molecule has 5 nitrogen and oxygen atoms in total. The van der Waals surface area contributed by atoms with Crippen LogP contribution in [0.3, 0.4) is 0 Å². The first-order chi connectivity index (χ1) is 13.4. The third-order valence-electron chi connectivity index (χ3n) is 3.98. The van der Waals surface area contributed by atoms with Crippen molar-refractivity contribution in [2.45, 2.75) is 38.4 Å². The molecule has 1 N–H and O–H groups in total. The number of aryl methyl sites for hydroxylation is 1. The molecule has 0 radical (unpaired) electrons. The second-order valence-corrected chi connectivity index (χ2v) is 9.17. The molecule has 2 aromatic heterocycles. The van der Waals surface area contributed by atoms with Gasteiger partial charge < -0.3 is 5.32 Å². The van der Waals surface area contributed by atoms with Crippen molar-refractivity contribution in [3.05, 3.63) is 44.6 Å². The number of benzene rings is 1. The Bertz CT molecular complexity index is 984. The second-order valence-electron chi connectivity index (χ2n) is 6.39. The summed E-state index contributed by atoms with van der Waals surface area (Å²) in [5.41, 5.74) is 1.60. The van der Waals surface area contributed by atoms with E-state index in [9.17, 15) is 4.79 Å². The van der Waals surface area contributed by atoms with E-state index >= 15 is 0 Å². The number of thiophene rings is 1. The van der Waals surface area contributed by atoms with E-state index in [0.29, 0.717) is 20.9 Å². The molecule has 0 atom stereocenters. The summed E-state index contributed by atoms with van der Waals surface area (Å²) in [6.07, 6.45) is 0.996. The van der Waals surface area contributed by atoms with E-state index in [-0.39, 0.29) is 17.7 Å². The van der Waals surface area contributed by atoms with Crippen molar-refractivity contribution in [3.8, 4) is 11.4 Å². The maximum atomic E-state index is 12.3. The van der Waals surface area contributed by atoms with Gasteiger partial charge in [0.2, 0.25) is 5.91 Å². The van der Waals surface area contributed by atoms with E-state index in [2.05, 4.69) is 52.3 Å². The molecule has 0 fully saturated rings. The number of hydrogen-bond donors (Lipinski definition) is 1. The van der Waals surface area contributed by atoms with Crippen LogP contribution in [0.15, 0.2) is 34.8 Å². The first-order valence-electron chi connectivity index (χ1n) is 8.79. The van der Waals surface area contributed by atoms with Gasteiger partial charge in [-0.2, -0.15) is 0 Å². The Labute approximate surface area is 182 Å². The molecular weight excluding hydrogens is 435 g/mol. The molecule has 0 aliphatic carbocycles. The van der Waals surface area contributed by atoms with E-state index in [4.69, 9.17) is 23.2 Å². The zero-order valence-corrected chi connectivity index (χ0v) is 18.8. The first kappa shape index (κ1) is 21.2. The number of anilines is 1. The maximum Gasteiger partial charge on any atom is 0.234 e. The van der Waals surface area contributed by atoms with Gasteiger partial charge in [-0.05, 0) is 44.5 Å². The van der Waals surface area contributed by atoms with Crippen LogP contribution >= 0.6 is 46.3 Å². The molecule has 1 amide bonds. The molecule has 0 aliphatic heterocycles. The minimum Gasteiger partial charge on any atom is -0.324 e. The van der Waals surface area contributed by atoms with Crippen molar-refractivity contribution in [2.24, 2.45) is 0 Å². The van der Waals surface area contributed by atoms with Gasteiger partial charge in [-0.15, -0.1) is 21.5 Å². The van der Waals surface area contributed by atoms with E-state index in [0.717, 1.165) is 17.8 Å². The van der Waals surface area contributed by atoms with E-state index < -0.39 is 0 Å². The molecule has 0 unspecified atom stereocenters. The number of carbonyl (C=O) groups is 1. The molecule has 28 heavy (non-hydrogen) atoms. The minimum atomic E-state index is -0.169. The molecule has 2 heterocycles. The lowest BCUT2D eigenvalue weighted by Gasteiger charge is -2.13. The predicted octanol–water partition coefficient (Wildman–Crippen LogP) is 6.19. The number of hydrogen-bond acceptors (Lipinski definition) is 5. The summed E-state index contributed by atoms with van der Waals surface area (Å²) in [7, 11) is 0. The number of amides is 1. The van der Waals surface area contributed by atoms with Crippen LogP contribution in [0.4, 0.5) is 5.69 Å². The smallest absolute Gasteiger partial charge is 0.234 e. The number of nitrogens with zero attached hydrogens (tertiary/aromatic N) is 3. The van der Waals surface area contributed by atoms with Crippen molar-refractivity contribution in [2.75, 3.05) is 11.1 Å². The highest BCUT2D eigenvalue weighted by atomic mass is 35.5. The lowest BCUT2D eigenvalue weighted by molar-refractivity contribution is -0.113. The van der Waals surface area contributed by atoms with Crippen LogP contribution in [-0.4, -0.2) is 26.4 Å². The Morgan fingerprint density at radius 3 is 2.71 bits per heavy atom. The molecule has 0 aliphatic rings. The van der Waals surface area contributed by atoms with Crippen LogP contribution in [0.2, 0.25) is 10.0 Å². The molecule has 0 spiro atoms. The summed E-state index contributed by atoms with van der Waals surface area (Å²) in [6, 6.07) is 7.29. The highest BCUT2D eigenvalue weighted by molar-refractivity contribution is 7.99. The Morgan fingerprint density at radius 1 is 1.29 bits per heavy atom. The van der Waals surface area contributed by atoms with Gasteiger partial charge in [0.05, 0.1) is 16.5 Å². The Hall–Kier alpha value is -1.54. The lowest BCUT2D eigenvalue weighted by atomic mass is 10.2. The summed E-state index contributed by atoms with van der Waals surface area (Å²) in [4.78, 5) is 13.7. The van der Waals surface area contributed by atoms with E-state index in [1.165, 1.54) is 16.6 Å². The topological polar surface area (TPSA) is 59.8 Å². The molecule has 0 saturated heterocycles. The van der Waals surface area contributed by atoms with Gasteiger partial charge >= 0.3 is 0 Å². The number of rotatable bonds is 7. The van der Waals surface area contributed by atoms with Crippen molar-refractivity contribution < 1.29 is 4.79 Å². The predicted molar refractivity (Wildman–Crippen MR) is 119 cm³/mol. The van der Waals surface area contributed by atoms with Gasteiger partial charge in [0, 0.05) is 26.9 Å². The van der Waals surface area contributed by atoms with Crippen molar-refractivity contribution in [1.29, 1.82) is 0 Å². The Balaban J connectivity index is 1.72. The van der Waals surface area contributed by atoms with Crippen molar-refractivity contribution in [1.82, 2.24) is 14.8 Å². The fourth-order valence-corrected chi connectivity index (χ4v) is 4.76. The van der Waals surface area contributed by atoms with Crippen LogP contribution in [0.5, 0.6) is 0 Å². The van der Waals surface area contributed by atoms with E-state index in [1.54, 1.807) is 29.5 Å². The number of thioether (sulfide) groups is 1. The summed E-state index contributed by atoms with van der Waals surface area (Å²) in [5.74, 6) is 0.862. The zero-order chi connectivity index (χ0) is 20.3. The maximum absolute atomic E-state index is 12.3. The lowest BCUT2D eigenvalue weighted by Crippen LogP contribution is -2.15. The summed E-state index contributed by atoms with van der Waals surface area (Å²) in [5, 5.41) is 15.2. The van der Waals surface area contributed by atoms with Gasteiger partial charge in [-0.1, -0.05) is 41.9 Å². The van der Waals surface area contributed by atoms with Gasteiger partial charge in [0.1, 0.15) is 0 Å². The van der Waals surface area contributed by atoms with Crippen LogP contribution in [0.1, 0.15) is 31.7 Å². The summed E-state index contributed by atoms with van der Waals surface area (Å²) >= 11 is 15.1. The molecular formula is C19H20Cl2N4OS2. The molecule has 0 bridgehead atoms. The van der Waals surface area contributed by atoms with Gasteiger partial charge in [-0.3, -0.25) is 9.36 Å². The van der Waals surface area contributed by atoms with E-state index in [1.807, 2.05) is 0 Å². The van der Waals surface area contributed by atoms with Crippen molar-refractivity contribution >= 4 is 57.9 Å². The van der Waals surface area contributed by atoms with Gasteiger partial charge in [0.15, 0.2) is 11.0 Å². The van der Waals surface area contributed by atoms with Crippen molar-refractivity contribution in [3.63, 3.8) is 0 Å². The monoisotopic (exact) mass is 454 g/mol. The third kappa shape index (κ3) is 4.89. The first-order valence-corrected chi connectivity index (χ1v) is 11.4. The fraction of sp³-hybridized carbons (Fsp3) is 0.316. The second kappa shape index (κ2) is 9.31. The van der Waals surface area contributed by atoms with Crippen LogP contribution in [0, 0.1) is 0 Å². The van der Waals surface area contributed by atoms with Crippen LogP contribution in [0.25, 0.3) is 11.4 Å². The SMILES string of the molecule is CCc1cc(-c2nnc(SCC(=O)Nc3ccc(Cl)cc3Cl)n2C(C)C)cs1. The van der Waals surface area contributed by atoms with Crippen LogP contribution in [-0.2, 0) is 11.2 Å². The molecule has 1 aromatic carbocycles.